The lowest BCUT2D eigenvalue weighted by Crippen LogP contribution is -2.29. The van der Waals surface area contributed by atoms with E-state index < -0.39 is 6.04 Å². The summed E-state index contributed by atoms with van der Waals surface area (Å²) in [7, 11) is 1.62. The van der Waals surface area contributed by atoms with Gasteiger partial charge in [-0.25, -0.2) is 9.48 Å². The van der Waals surface area contributed by atoms with Gasteiger partial charge in [-0.3, -0.25) is 0 Å². The molecule has 0 aliphatic carbocycles. The number of nitrogens with zero attached hydrogens (tertiary/aromatic N) is 3. The molecule has 132 valence electrons. The molecule has 2 aromatic rings. The van der Waals surface area contributed by atoms with E-state index >= 15 is 0 Å². The van der Waals surface area contributed by atoms with Crippen molar-refractivity contribution in [3.05, 3.63) is 41.1 Å². The van der Waals surface area contributed by atoms with Crippen molar-refractivity contribution in [3.8, 4) is 5.75 Å². The van der Waals surface area contributed by atoms with E-state index in [9.17, 15) is 4.79 Å². The van der Waals surface area contributed by atoms with Crippen LogP contribution in [0.1, 0.15) is 25.5 Å². The molecule has 8 heteroatoms. The average molecular weight is 360 g/mol. The highest BCUT2D eigenvalue weighted by Crippen LogP contribution is 2.36. The van der Waals surface area contributed by atoms with Crippen molar-refractivity contribution in [1.82, 2.24) is 14.8 Å². The lowest BCUT2D eigenvalue weighted by Gasteiger charge is -2.28. The predicted molar refractivity (Wildman–Crippen MR) is 95.9 cm³/mol. The van der Waals surface area contributed by atoms with E-state index in [2.05, 4.69) is 15.4 Å². The number of benzene rings is 1. The van der Waals surface area contributed by atoms with Crippen LogP contribution in [0, 0.1) is 0 Å². The molecule has 7 nitrogen and oxygen atoms in total. The fraction of sp³-hybridized carbons (Fsp3) is 0.353. The van der Waals surface area contributed by atoms with Gasteiger partial charge in [-0.15, -0.1) is 5.10 Å². The second-order valence-corrected chi connectivity index (χ2v) is 6.20. The molecule has 1 aliphatic heterocycles. The van der Waals surface area contributed by atoms with Crippen LogP contribution < -0.4 is 10.1 Å². The van der Waals surface area contributed by atoms with Gasteiger partial charge in [-0.2, -0.15) is 4.98 Å². The number of aromatic nitrogens is 3. The van der Waals surface area contributed by atoms with Crippen LogP contribution >= 0.6 is 11.8 Å². The van der Waals surface area contributed by atoms with Gasteiger partial charge >= 0.3 is 5.97 Å². The fourth-order valence-corrected chi connectivity index (χ4v) is 3.13. The lowest BCUT2D eigenvalue weighted by molar-refractivity contribution is -0.139. The van der Waals surface area contributed by atoms with Gasteiger partial charge in [-0.05, 0) is 37.8 Å². The number of rotatable bonds is 5. The molecule has 0 unspecified atom stereocenters. The summed E-state index contributed by atoms with van der Waals surface area (Å²) in [5, 5.41) is 8.32. The zero-order chi connectivity index (χ0) is 18.0. The van der Waals surface area contributed by atoms with Crippen molar-refractivity contribution >= 4 is 23.7 Å². The topological polar surface area (TPSA) is 78.3 Å². The molecular formula is C17H20N4O3S. The van der Waals surface area contributed by atoms with Crippen molar-refractivity contribution in [2.45, 2.75) is 25.0 Å². The number of hydrogen-bond donors (Lipinski definition) is 1. The highest BCUT2D eigenvalue weighted by atomic mass is 32.2. The number of hydrogen-bond acceptors (Lipinski definition) is 7. The molecular weight excluding hydrogens is 340 g/mol. The molecule has 0 amide bonds. The molecule has 0 fully saturated rings. The Labute approximate surface area is 150 Å². The molecule has 2 heterocycles. The first kappa shape index (κ1) is 17.3. The van der Waals surface area contributed by atoms with E-state index in [0.717, 1.165) is 11.3 Å². The number of fused-ring (bicyclic) bond motifs is 1. The number of carbonyl (C=O) groups is 1. The van der Waals surface area contributed by atoms with E-state index in [-0.39, 0.29) is 5.97 Å². The van der Waals surface area contributed by atoms with Gasteiger partial charge in [0.15, 0.2) is 0 Å². The third kappa shape index (κ3) is 3.21. The van der Waals surface area contributed by atoms with E-state index in [1.165, 1.54) is 11.8 Å². The quantitative estimate of drug-likeness (QED) is 0.649. The average Bonchev–Trinajstić information content (AvgIpc) is 3.03. The highest BCUT2D eigenvalue weighted by molar-refractivity contribution is 7.98. The lowest BCUT2D eigenvalue weighted by atomic mass is 9.96. The molecule has 25 heavy (non-hydrogen) atoms. The van der Waals surface area contributed by atoms with Gasteiger partial charge in [0.1, 0.15) is 11.8 Å². The van der Waals surface area contributed by atoms with Crippen molar-refractivity contribution in [2.24, 2.45) is 0 Å². The normalized spacial score (nSPS) is 16.2. The Morgan fingerprint density at radius 2 is 2.08 bits per heavy atom. The van der Waals surface area contributed by atoms with Crippen molar-refractivity contribution < 1.29 is 14.3 Å². The maximum Gasteiger partial charge on any atom is 0.338 e. The third-order valence-corrected chi connectivity index (χ3v) is 4.48. The van der Waals surface area contributed by atoms with E-state index in [0.29, 0.717) is 29.0 Å². The number of thioether (sulfide) groups is 1. The Bertz CT molecular complexity index is 814. The number of allylic oxidation sites excluding steroid dienone is 1. The Morgan fingerprint density at radius 1 is 1.36 bits per heavy atom. The Balaban J connectivity index is 2.13. The van der Waals surface area contributed by atoms with Gasteiger partial charge in [0.25, 0.3) is 0 Å². The van der Waals surface area contributed by atoms with Gasteiger partial charge in [0.2, 0.25) is 11.1 Å². The van der Waals surface area contributed by atoms with Crippen LogP contribution in [-0.4, -0.2) is 40.7 Å². The highest BCUT2D eigenvalue weighted by Gasteiger charge is 2.35. The molecule has 1 aromatic carbocycles. The SMILES string of the molecule is CCOC(=O)C1=C(C)Nc2nc(SC)nn2[C@H]1c1ccc(OC)cc1. The van der Waals surface area contributed by atoms with Crippen molar-refractivity contribution in [2.75, 3.05) is 25.3 Å². The van der Waals surface area contributed by atoms with Crippen LogP contribution in [0.5, 0.6) is 5.75 Å². The molecule has 1 aromatic heterocycles. The summed E-state index contributed by atoms with van der Waals surface area (Å²) < 4.78 is 12.2. The summed E-state index contributed by atoms with van der Waals surface area (Å²) in [6.07, 6.45) is 1.91. The zero-order valence-corrected chi connectivity index (χ0v) is 15.4. The number of carbonyl (C=O) groups excluding carboxylic acids is 1. The first-order chi connectivity index (χ1) is 12.1. The molecule has 0 saturated heterocycles. The Morgan fingerprint density at radius 3 is 2.68 bits per heavy atom. The third-order valence-electron chi connectivity index (χ3n) is 3.94. The van der Waals surface area contributed by atoms with E-state index in [1.807, 2.05) is 37.4 Å². The summed E-state index contributed by atoms with van der Waals surface area (Å²) in [6.45, 7) is 3.95. The predicted octanol–water partition coefficient (Wildman–Crippen LogP) is 2.86. The van der Waals surface area contributed by atoms with Gasteiger partial charge in [0.05, 0.1) is 19.3 Å². The standard InChI is InChI=1S/C17H20N4O3S/c1-5-24-15(22)13-10(2)18-16-19-17(25-4)20-21(16)14(13)11-6-8-12(23-3)9-7-11/h6-9,14H,5H2,1-4H3,(H,18,19,20)/t14-/m0/s1. The fourth-order valence-electron chi connectivity index (χ4n) is 2.79. The summed E-state index contributed by atoms with van der Waals surface area (Å²) in [5.41, 5.74) is 2.15. The largest absolute Gasteiger partial charge is 0.497 e. The second-order valence-electron chi connectivity index (χ2n) is 5.43. The zero-order valence-electron chi connectivity index (χ0n) is 14.6. The Kier molecular flexibility index (Phi) is 4.98. The number of anilines is 1. The smallest absolute Gasteiger partial charge is 0.338 e. The molecule has 0 saturated carbocycles. The first-order valence-corrected chi connectivity index (χ1v) is 9.10. The second kappa shape index (κ2) is 7.18. The van der Waals surface area contributed by atoms with Crippen LogP contribution in [0.3, 0.4) is 0 Å². The minimum atomic E-state index is -0.408. The summed E-state index contributed by atoms with van der Waals surface area (Å²) in [6, 6.07) is 7.16. The molecule has 0 radical (unpaired) electrons. The molecule has 0 bridgehead atoms. The number of methoxy groups -OCH3 is 1. The minimum absolute atomic E-state index is 0.311. The number of nitrogens with one attached hydrogen (secondary N) is 1. The molecule has 0 spiro atoms. The van der Waals surface area contributed by atoms with Crippen LogP contribution in [0.2, 0.25) is 0 Å². The first-order valence-electron chi connectivity index (χ1n) is 7.88. The maximum absolute atomic E-state index is 12.6. The summed E-state index contributed by atoms with van der Waals surface area (Å²) in [5.74, 6) is 0.996. The van der Waals surface area contributed by atoms with Crippen LogP contribution in [0.15, 0.2) is 40.7 Å². The monoisotopic (exact) mass is 360 g/mol. The summed E-state index contributed by atoms with van der Waals surface area (Å²) >= 11 is 1.45. The van der Waals surface area contributed by atoms with Gasteiger partial charge < -0.3 is 14.8 Å². The van der Waals surface area contributed by atoms with Crippen LogP contribution in [0.4, 0.5) is 5.95 Å². The Hall–Kier alpha value is -2.48. The van der Waals surface area contributed by atoms with Crippen molar-refractivity contribution in [3.63, 3.8) is 0 Å². The number of ether oxygens (including phenoxy) is 2. The van der Waals surface area contributed by atoms with Crippen LogP contribution in [-0.2, 0) is 9.53 Å². The van der Waals surface area contributed by atoms with Gasteiger partial charge in [0, 0.05) is 5.70 Å². The van der Waals surface area contributed by atoms with E-state index in [1.54, 1.807) is 18.7 Å². The maximum atomic E-state index is 12.6. The number of esters is 1. The molecule has 1 atom stereocenters. The molecule has 1 aliphatic rings. The van der Waals surface area contributed by atoms with Crippen molar-refractivity contribution in [1.29, 1.82) is 0 Å². The molecule has 1 N–H and O–H groups in total. The minimum Gasteiger partial charge on any atom is -0.497 e. The van der Waals surface area contributed by atoms with E-state index in [4.69, 9.17) is 9.47 Å². The molecule has 3 rings (SSSR count). The van der Waals surface area contributed by atoms with Crippen LogP contribution in [0.25, 0.3) is 0 Å². The summed E-state index contributed by atoms with van der Waals surface area (Å²) in [4.78, 5) is 17.1. The van der Waals surface area contributed by atoms with Gasteiger partial charge in [-0.1, -0.05) is 23.9 Å².